The molecule has 0 bridgehead atoms. The SMILES string of the molecule is C=S(=O)(c1ccc(/C(=N\O[C@@H]2CCOC2)C(=O)Nc2nc3cncnc3s2)cc1)C1CC1. The molecule has 3 aromatic rings. The zero-order chi connectivity index (χ0) is 22.1. The Balaban J connectivity index is 1.41. The van der Waals surface area contributed by atoms with Crippen molar-refractivity contribution >= 4 is 53.8 Å². The lowest BCUT2D eigenvalue weighted by molar-refractivity contribution is -0.110. The molecule has 1 saturated carbocycles. The van der Waals surface area contributed by atoms with Crippen molar-refractivity contribution < 1.29 is 18.6 Å². The van der Waals surface area contributed by atoms with Gasteiger partial charge in [0.15, 0.2) is 16.9 Å². The number of carbonyl (C=O) groups excluding carboxylic acids is 1. The van der Waals surface area contributed by atoms with Crippen LogP contribution >= 0.6 is 11.3 Å². The molecule has 2 fully saturated rings. The smallest absolute Gasteiger partial charge is 0.280 e. The number of amides is 1. The molecular weight excluding hydrogens is 450 g/mol. The Labute approximate surface area is 188 Å². The van der Waals surface area contributed by atoms with Crippen molar-refractivity contribution in [3.8, 4) is 0 Å². The van der Waals surface area contributed by atoms with Gasteiger partial charge in [-0.1, -0.05) is 28.6 Å². The van der Waals surface area contributed by atoms with Crippen molar-refractivity contribution in [3.63, 3.8) is 0 Å². The topological polar surface area (TPSA) is 116 Å². The maximum atomic E-state index is 13.1. The largest absolute Gasteiger partial charge is 0.389 e. The van der Waals surface area contributed by atoms with Crippen LogP contribution in [0.2, 0.25) is 0 Å². The molecule has 1 saturated heterocycles. The molecular formula is C21H21N5O4S2. The predicted molar refractivity (Wildman–Crippen MR) is 124 cm³/mol. The number of aromatic nitrogens is 3. The summed E-state index contributed by atoms with van der Waals surface area (Å²) in [4.78, 5) is 32.5. The summed E-state index contributed by atoms with van der Waals surface area (Å²) in [6, 6.07) is 6.94. The quantitative estimate of drug-likeness (QED) is 0.320. The fraction of sp³-hybridized carbons (Fsp3) is 0.333. The van der Waals surface area contributed by atoms with Gasteiger partial charge in [0.2, 0.25) is 0 Å². The summed E-state index contributed by atoms with van der Waals surface area (Å²) in [5.74, 6) is 3.47. The lowest BCUT2D eigenvalue weighted by Gasteiger charge is -2.11. The van der Waals surface area contributed by atoms with Gasteiger partial charge in [-0.2, -0.15) is 0 Å². The first-order chi connectivity index (χ1) is 15.5. The van der Waals surface area contributed by atoms with Crippen LogP contribution in [0.4, 0.5) is 5.13 Å². The molecule has 1 aliphatic carbocycles. The highest BCUT2D eigenvalue weighted by Gasteiger charge is 2.32. The van der Waals surface area contributed by atoms with Crippen molar-refractivity contribution in [3.05, 3.63) is 42.4 Å². The van der Waals surface area contributed by atoms with Crippen LogP contribution in [0, 0.1) is 0 Å². The maximum absolute atomic E-state index is 13.1. The van der Waals surface area contributed by atoms with Crippen molar-refractivity contribution in [2.24, 2.45) is 5.16 Å². The summed E-state index contributed by atoms with van der Waals surface area (Å²) in [5.41, 5.74) is 1.23. The summed E-state index contributed by atoms with van der Waals surface area (Å²) >= 11 is 1.24. The Bertz CT molecular complexity index is 1240. The summed E-state index contributed by atoms with van der Waals surface area (Å²) in [7, 11) is -2.33. The van der Waals surface area contributed by atoms with Gasteiger partial charge in [0.05, 0.1) is 19.4 Å². The molecule has 0 spiro atoms. The van der Waals surface area contributed by atoms with Gasteiger partial charge >= 0.3 is 0 Å². The maximum Gasteiger partial charge on any atom is 0.280 e. The first-order valence-electron chi connectivity index (χ1n) is 10.2. The van der Waals surface area contributed by atoms with E-state index in [1.165, 1.54) is 17.7 Å². The van der Waals surface area contributed by atoms with Gasteiger partial charge in [0.25, 0.3) is 5.91 Å². The van der Waals surface area contributed by atoms with E-state index in [0.717, 1.165) is 12.8 Å². The average molecular weight is 472 g/mol. The molecule has 1 aromatic carbocycles. The van der Waals surface area contributed by atoms with Gasteiger partial charge in [0, 0.05) is 22.1 Å². The fourth-order valence-corrected chi connectivity index (χ4v) is 5.99. The molecule has 1 unspecified atom stereocenters. The Morgan fingerprint density at radius 3 is 2.78 bits per heavy atom. The van der Waals surface area contributed by atoms with Gasteiger partial charge < -0.3 is 9.57 Å². The number of benzene rings is 1. The highest BCUT2D eigenvalue weighted by atomic mass is 32.2. The minimum absolute atomic E-state index is 0.0933. The Hall–Kier alpha value is -2.89. The van der Waals surface area contributed by atoms with Crippen LogP contribution in [-0.2, 0) is 23.9 Å². The summed E-state index contributed by atoms with van der Waals surface area (Å²) in [5, 5.41) is 7.44. The minimum Gasteiger partial charge on any atom is -0.389 e. The van der Waals surface area contributed by atoms with Crippen LogP contribution in [-0.4, -0.2) is 61.2 Å². The second kappa shape index (κ2) is 8.57. The number of nitrogens with one attached hydrogen (secondary N) is 1. The van der Waals surface area contributed by atoms with E-state index in [0.29, 0.717) is 45.6 Å². The molecule has 2 aromatic heterocycles. The number of ether oxygens (including phenoxy) is 1. The summed E-state index contributed by atoms with van der Waals surface area (Å²) < 4.78 is 18.2. The van der Waals surface area contributed by atoms with Crippen LogP contribution in [0.3, 0.4) is 0 Å². The fourth-order valence-electron chi connectivity index (χ4n) is 3.33. The lowest BCUT2D eigenvalue weighted by atomic mass is 10.1. The molecule has 3 heterocycles. The number of hydrogen-bond acceptors (Lipinski definition) is 9. The van der Waals surface area contributed by atoms with Crippen molar-refractivity contribution in [1.82, 2.24) is 15.0 Å². The van der Waals surface area contributed by atoms with Crippen molar-refractivity contribution in [2.45, 2.75) is 35.5 Å². The summed E-state index contributed by atoms with van der Waals surface area (Å²) in [6.45, 7) is 1.03. The van der Waals surface area contributed by atoms with Crippen LogP contribution < -0.4 is 5.32 Å². The molecule has 166 valence electrons. The van der Waals surface area contributed by atoms with Crippen LogP contribution in [0.1, 0.15) is 24.8 Å². The second-order valence-electron chi connectivity index (χ2n) is 7.67. The number of carbonyl (C=O) groups is 1. The van der Waals surface area contributed by atoms with E-state index in [1.54, 1.807) is 30.5 Å². The van der Waals surface area contributed by atoms with E-state index in [4.69, 9.17) is 9.57 Å². The third kappa shape index (κ3) is 4.36. The number of anilines is 1. The lowest BCUT2D eigenvalue weighted by Crippen LogP contribution is -2.25. The number of hydrogen-bond donors (Lipinski definition) is 1. The highest BCUT2D eigenvalue weighted by molar-refractivity contribution is 8.01. The van der Waals surface area contributed by atoms with E-state index in [1.807, 2.05) is 0 Å². The molecule has 1 N–H and O–H groups in total. The molecule has 2 aliphatic rings. The second-order valence-corrected chi connectivity index (χ2v) is 11.2. The first kappa shape index (κ1) is 21.0. The number of oxime groups is 1. The van der Waals surface area contributed by atoms with E-state index in [2.05, 4.69) is 31.3 Å². The predicted octanol–water partition coefficient (Wildman–Crippen LogP) is 2.47. The Morgan fingerprint density at radius 1 is 1.28 bits per heavy atom. The van der Waals surface area contributed by atoms with Crippen molar-refractivity contribution in [1.29, 1.82) is 0 Å². The highest BCUT2D eigenvalue weighted by Crippen LogP contribution is 2.33. The van der Waals surface area contributed by atoms with Gasteiger partial charge in [-0.15, -0.1) is 0 Å². The van der Waals surface area contributed by atoms with Crippen LogP contribution in [0.15, 0.2) is 46.8 Å². The molecule has 5 rings (SSSR count). The average Bonchev–Trinajstić information content (AvgIpc) is 3.39. The minimum atomic E-state index is -2.33. The van der Waals surface area contributed by atoms with Gasteiger partial charge in [-0.05, 0) is 40.4 Å². The number of nitrogens with zero attached hydrogens (tertiary/aromatic N) is 4. The molecule has 11 heteroatoms. The first-order valence-corrected chi connectivity index (χ1v) is 12.8. The number of fused-ring (bicyclic) bond motifs is 1. The summed E-state index contributed by atoms with van der Waals surface area (Å²) in [6.07, 6.45) is 5.38. The van der Waals surface area contributed by atoms with Gasteiger partial charge in [-0.3, -0.25) is 14.3 Å². The van der Waals surface area contributed by atoms with Gasteiger partial charge in [0.1, 0.15) is 16.7 Å². The van der Waals surface area contributed by atoms with Crippen molar-refractivity contribution in [2.75, 3.05) is 18.5 Å². The molecule has 9 nitrogen and oxygen atoms in total. The molecule has 32 heavy (non-hydrogen) atoms. The van der Waals surface area contributed by atoms with Gasteiger partial charge in [-0.25, -0.2) is 15.0 Å². The third-order valence-electron chi connectivity index (χ3n) is 5.28. The monoisotopic (exact) mass is 471 g/mol. The zero-order valence-corrected chi connectivity index (χ0v) is 18.7. The van der Waals surface area contributed by atoms with E-state index < -0.39 is 15.4 Å². The van der Waals surface area contributed by atoms with E-state index in [-0.39, 0.29) is 17.1 Å². The van der Waals surface area contributed by atoms with Crippen LogP contribution in [0.5, 0.6) is 0 Å². The van der Waals surface area contributed by atoms with E-state index in [9.17, 15) is 9.00 Å². The number of thiazole rings is 1. The van der Waals surface area contributed by atoms with Crippen LogP contribution in [0.25, 0.3) is 10.3 Å². The Morgan fingerprint density at radius 2 is 2.09 bits per heavy atom. The molecule has 1 amide bonds. The molecule has 1 aliphatic heterocycles. The normalized spacial score (nSPS) is 20.8. The number of rotatable bonds is 7. The molecule has 2 atom stereocenters. The third-order valence-corrected chi connectivity index (χ3v) is 8.79. The standard InChI is InChI=1S/C21H21N5O4S2/c1-32(28,16-6-7-16)15-4-2-13(3-5-15)18(26-30-14-8-9-29-11-14)19(27)25-21-24-17-10-22-12-23-20(17)31-21/h2-5,10,12,14,16H,1,6-9,11H2,(H,24,25,27)/b26-18+/t14-,32?/m1/s1. The van der Waals surface area contributed by atoms with E-state index >= 15 is 0 Å². The molecule has 0 radical (unpaired) electrons. The zero-order valence-electron chi connectivity index (χ0n) is 17.1. The Kier molecular flexibility index (Phi) is 5.62.